The van der Waals surface area contributed by atoms with Gasteiger partial charge in [-0.25, -0.2) is 0 Å². The van der Waals surface area contributed by atoms with E-state index in [0.29, 0.717) is 17.1 Å². The van der Waals surface area contributed by atoms with Gasteiger partial charge in [0, 0.05) is 17.5 Å². The van der Waals surface area contributed by atoms with Gasteiger partial charge in [0.05, 0.1) is 5.92 Å². The summed E-state index contributed by atoms with van der Waals surface area (Å²) in [5.41, 5.74) is 9.74. The number of carbonyl (C=O) groups excluding carboxylic acids is 1. The summed E-state index contributed by atoms with van der Waals surface area (Å²) in [6.45, 7) is 6.52. The summed E-state index contributed by atoms with van der Waals surface area (Å²) < 4.78 is 0. The molecule has 0 radical (unpaired) electrons. The standard InChI is InChI=1S/C19H28N2OS.ClH/c1-11(2)23-10-15-5-4-6-16(12(15)3)21-19(22)17-13-7-8-14(9-13)18(17)20;/h4-6,11,13-14,17-18H,7-10,20H2,1-3H3,(H,21,22);1H. The average molecular weight is 369 g/mol. The first-order valence-electron chi connectivity index (χ1n) is 8.74. The maximum atomic E-state index is 12.7. The Morgan fingerprint density at radius 2 is 2.04 bits per heavy atom. The van der Waals surface area contributed by atoms with E-state index >= 15 is 0 Å². The first kappa shape index (κ1) is 19.6. The van der Waals surface area contributed by atoms with E-state index in [0.717, 1.165) is 17.9 Å². The molecule has 4 atom stereocenters. The molecule has 3 rings (SSSR count). The molecule has 1 aromatic carbocycles. The molecule has 2 aliphatic carbocycles. The maximum absolute atomic E-state index is 12.7. The fourth-order valence-electron chi connectivity index (χ4n) is 4.17. The Hall–Kier alpha value is -0.710. The lowest BCUT2D eigenvalue weighted by atomic mass is 9.84. The van der Waals surface area contributed by atoms with Gasteiger partial charge in [0.2, 0.25) is 5.91 Å². The molecule has 3 N–H and O–H groups in total. The molecule has 0 aromatic heterocycles. The number of fused-ring (bicyclic) bond motifs is 2. The number of anilines is 1. The fourth-order valence-corrected chi connectivity index (χ4v) is 5.00. The van der Waals surface area contributed by atoms with Crippen molar-refractivity contribution in [1.82, 2.24) is 0 Å². The van der Waals surface area contributed by atoms with Crippen LogP contribution in [-0.4, -0.2) is 17.2 Å². The Morgan fingerprint density at radius 3 is 2.67 bits per heavy atom. The number of thioether (sulfide) groups is 1. The van der Waals surface area contributed by atoms with Crippen LogP contribution in [0.25, 0.3) is 0 Å². The molecule has 2 saturated carbocycles. The van der Waals surface area contributed by atoms with Crippen molar-refractivity contribution >= 4 is 35.8 Å². The summed E-state index contributed by atoms with van der Waals surface area (Å²) in [5.74, 6) is 2.17. The number of hydrogen-bond donors (Lipinski definition) is 2. The highest BCUT2D eigenvalue weighted by atomic mass is 35.5. The van der Waals surface area contributed by atoms with Gasteiger partial charge in [-0.05, 0) is 60.5 Å². The number of carbonyl (C=O) groups is 1. The van der Waals surface area contributed by atoms with Crippen molar-refractivity contribution < 1.29 is 4.79 Å². The minimum Gasteiger partial charge on any atom is -0.327 e. The average Bonchev–Trinajstić information content (AvgIpc) is 3.08. The van der Waals surface area contributed by atoms with Crippen LogP contribution in [0.2, 0.25) is 0 Å². The molecule has 134 valence electrons. The van der Waals surface area contributed by atoms with Crippen molar-refractivity contribution in [3.8, 4) is 0 Å². The minimum atomic E-state index is 0. The van der Waals surface area contributed by atoms with Crippen molar-refractivity contribution in [3.05, 3.63) is 29.3 Å². The number of benzene rings is 1. The highest BCUT2D eigenvalue weighted by Crippen LogP contribution is 2.48. The molecular formula is C19H29ClN2OS. The lowest BCUT2D eigenvalue weighted by Gasteiger charge is -2.27. The van der Waals surface area contributed by atoms with E-state index in [4.69, 9.17) is 5.73 Å². The molecular weight excluding hydrogens is 340 g/mol. The van der Waals surface area contributed by atoms with Crippen molar-refractivity contribution in [2.24, 2.45) is 23.5 Å². The molecule has 24 heavy (non-hydrogen) atoms. The molecule has 2 aliphatic rings. The molecule has 0 saturated heterocycles. The van der Waals surface area contributed by atoms with Crippen LogP contribution in [0.5, 0.6) is 0 Å². The van der Waals surface area contributed by atoms with Gasteiger partial charge in [0.25, 0.3) is 0 Å². The topological polar surface area (TPSA) is 55.1 Å². The summed E-state index contributed by atoms with van der Waals surface area (Å²) in [6, 6.07) is 6.26. The van der Waals surface area contributed by atoms with Gasteiger partial charge in [-0.2, -0.15) is 11.8 Å². The van der Waals surface area contributed by atoms with E-state index < -0.39 is 0 Å². The van der Waals surface area contributed by atoms with Crippen LogP contribution in [0.15, 0.2) is 18.2 Å². The second-order valence-electron chi connectivity index (χ2n) is 7.38. The van der Waals surface area contributed by atoms with Gasteiger partial charge in [0.1, 0.15) is 0 Å². The SMILES string of the molecule is Cc1c(CSC(C)C)cccc1NC(=O)C1C2CCC(C2)C1N.Cl. The summed E-state index contributed by atoms with van der Waals surface area (Å²) >= 11 is 1.93. The van der Waals surface area contributed by atoms with E-state index in [1.54, 1.807) is 0 Å². The molecule has 2 fully saturated rings. The third-order valence-electron chi connectivity index (χ3n) is 5.56. The smallest absolute Gasteiger partial charge is 0.229 e. The van der Waals surface area contributed by atoms with E-state index in [2.05, 4.69) is 32.2 Å². The Bertz CT molecular complexity index is 591. The third-order valence-corrected chi connectivity index (χ3v) is 6.70. The van der Waals surface area contributed by atoms with E-state index in [9.17, 15) is 4.79 Å². The van der Waals surface area contributed by atoms with E-state index in [1.807, 2.05) is 23.9 Å². The minimum absolute atomic E-state index is 0. The molecule has 4 unspecified atom stereocenters. The summed E-state index contributed by atoms with van der Waals surface area (Å²) in [7, 11) is 0. The molecule has 0 aliphatic heterocycles. The zero-order valence-corrected chi connectivity index (χ0v) is 16.4. The second-order valence-corrected chi connectivity index (χ2v) is 8.94. The molecule has 3 nitrogen and oxygen atoms in total. The quantitative estimate of drug-likeness (QED) is 0.811. The van der Waals surface area contributed by atoms with Crippen molar-refractivity contribution in [1.29, 1.82) is 0 Å². The van der Waals surface area contributed by atoms with Gasteiger partial charge >= 0.3 is 0 Å². The number of rotatable bonds is 5. The normalized spacial score (nSPS) is 28.0. The second kappa shape index (κ2) is 8.11. The predicted octanol–water partition coefficient (Wildman–Crippen LogP) is 4.37. The van der Waals surface area contributed by atoms with Crippen LogP contribution in [0.4, 0.5) is 5.69 Å². The number of halogens is 1. The summed E-state index contributed by atoms with van der Waals surface area (Å²) in [4.78, 5) is 12.7. The van der Waals surface area contributed by atoms with Crippen LogP contribution in [-0.2, 0) is 10.5 Å². The van der Waals surface area contributed by atoms with Crippen molar-refractivity contribution in [2.45, 2.75) is 57.1 Å². The third kappa shape index (κ3) is 3.92. The van der Waals surface area contributed by atoms with E-state index in [1.165, 1.54) is 24.0 Å². The zero-order valence-electron chi connectivity index (χ0n) is 14.7. The molecule has 0 heterocycles. The summed E-state index contributed by atoms with van der Waals surface area (Å²) in [6.07, 6.45) is 3.51. The van der Waals surface area contributed by atoms with Gasteiger partial charge in [-0.15, -0.1) is 12.4 Å². The number of nitrogens with one attached hydrogen (secondary N) is 1. The zero-order chi connectivity index (χ0) is 16.6. The van der Waals surface area contributed by atoms with E-state index in [-0.39, 0.29) is 30.3 Å². The highest BCUT2D eigenvalue weighted by molar-refractivity contribution is 7.99. The molecule has 1 amide bonds. The molecule has 2 bridgehead atoms. The van der Waals surface area contributed by atoms with Crippen molar-refractivity contribution in [3.63, 3.8) is 0 Å². The van der Waals surface area contributed by atoms with Crippen LogP contribution in [0, 0.1) is 24.7 Å². The van der Waals surface area contributed by atoms with Crippen LogP contribution in [0.1, 0.15) is 44.2 Å². The maximum Gasteiger partial charge on any atom is 0.229 e. The Morgan fingerprint density at radius 1 is 1.33 bits per heavy atom. The van der Waals surface area contributed by atoms with Crippen molar-refractivity contribution in [2.75, 3.05) is 5.32 Å². The lowest BCUT2D eigenvalue weighted by molar-refractivity contribution is -0.121. The number of amides is 1. The van der Waals surface area contributed by atoms with Gasteiger partial charge in [0.15, 0.2) is 0 Å². The number of hydrogen-bond acceptors (Lipinski definition) is 3. The Labute approximate surface area is 155 Å². The summed E-state index contributed by atoms with van der Waals surface area (Å²) in [5, 5.41) is 3.78. The number of nitrogens with two attached hydrogens (primary N) is 1. The Kier molecular flexibility index (Phi) is 6.63. The lowest BCUT2D eigenvalue weighted by Crippen LogP contribution is -2.42. The van der Waals surface area contributed by atoms with Crippen LogP contribution >= 0.6 is 24.2 Å². The highest BCUT2D eigenvalue weighted by Gasteiger charge is 2.49. The van der Waals surface area contributed by atoms with Crippen LogP contribution in [0.3, 0.4) is 0 Å². The first-order valence-corrected chi connectivity index (χ1v) is 9.78. The Balaban J connectivity index is 0.00000208. The molecule has 1 aromatic rings. The largest absolute Gasteiger partial charge is 0.327 e. The fraction of sp³-hybridized carbons (Fsp3) is 0.632. The predicted molar refractivity (Wildman–Crippen MR) is 106 cm³/mol. The monoisotopic (exact) mass is 368 g/mol. The van der Waals surface area contributed by atoms with Gasteiger partial charge < -0.3 is 11.1 Å². The van der Waals surface area contributed by atoms with Gasteiger partial charge in [-0.1, -0.05) is 26.0 Å². The van der Waals surface area contributed by atoms with Gasteiger partial charge in [-0.3, -0.25) is 4.79 Å². The first-order chi connectivity index (χ1) is 11.0. The molecule has 0 spiro atoms. The molecule has 5 heteroatoms. The van der Waals surface area contributed by atoms with Crippen LogP contribution < -0.4 is 11.1 Å².